The highest BCUT2D eigenvalue weighted by Crippen LogP contribution is 2.26. The Labute approximate surface area is 113 Å². The SMILES string of the molecule is C=Cc1ccc(-c2ccncc2)cc1NC(C)=NC. The Bertz CT molecular complexity index is 601. The molecule has 0 fully saturated rings. The van der Waals surface area contributed by atoms with Gasteiger partial charge in [-0.25, -0.2) is 0 Å². The zero-order chi connectivity index (χ0) is 13.7. The number of hydrogen-bond donors (Lipinski definition) is 1. The molecule has 3 heteroatoms. The van der Waals surface area contributed by atoms with Crippen LogP contribution in [0.5, 0.6) is 0 Å². The van der Waals surface area contributed by atoms with E-state index < -0.39 is 0 Å². The number of aromatic nitrogens is 1. The zero-order valence-electron chi connectivity index (χ0n) is 11.2. The highest BCUT2D eigenvalue weighted by atomic mass is 15.0. The summed E-state index contributed by atoms with van der Waals surface area (Å²) in [6, 6.07) is 10.2. The average molecular weight is 251 g/mol. The molecular formula is C16H17N3. The Morgan fingerprint density at radius 3 is 2.58 bits per heavy atom. The number of benzene rings is 1. The van der Waals surface area contributed by atoms with Crippen LogP contribution in [0, 0.1) is 0 Å². The molecule has 0 saturated carbocycles. The molecule has 1 aromatic carbocycles. The van der Waals surface area contributed by atoms with E-state index >= 15 is 0 Å². The molecule has 1 N–H and O–H groups in total. The highest BCUT2D eigenvalue weighted by Gasteiger charge is 2.04. The lowest BCUT2D eigenvalue weighted by molar-refractivity contribution is 1.33. The standard InChI is InChI=1S/C16H17N3/c1-4-13-5-6-15(14-7-9-18-10-8-14)11-16(13)19-12(2)17-3/h4-11H,1H2,2-3H3,(H,17,19). The van der Waals surface area contributed by atoms with E-state index in [1.54, 1.807) is 19.4 Å². The number of aliphatic imine (C=N–C) groups is 1. The predicted octanol–water partition coefficient (Wildman–Crippen LogP) is 3.85. The van der Waals surface area contributed by atoms with Crippen LogP contribution in [0.25, 0.3) is 17.2 Å². The molecule has 1 aromatic heterocycles. The van der Waals surface area contributed by atoms with Crippen molar-refractivity contribution in [2.24, 2.45) is 4.99 Å². The van der Waals surface area contributed by atoms with Crippen LogP contribution in [0.2, 0.25) is 0 Å². The summed E-state index contributed by atoms with van der Waals surface area (Å²) in [6.07, 6.45) is 5.42. The summed E-state index contributed by atoms with van der Waals surface area (Å²) in [5, 5.41) is 3.28. The van der Waals surface area contributed by atoms with Crippen molar-refractivity contribution in [3.8, 4) is 11.1 Å². The molecule has 2 rings (SSSR count). The van der Waals surface area contributed by atoms with Gasteiger partial charge in [-0.15, -0.1) is 0 Å². The van der Waals surface area contributed by atoms with Crippen LogP contribution in [0.4, 0.5) is 5.69 Å². The van der Waals surface area contributed by atoms with Crippen LogP contribution in [0.1, 0.15) is 12.5 Å². The molecule has 0 spiro atoms. The molecule has 0 aliphatic heterocycles. The Balaban J connectivity index is 2.44. The van der Waals surface area contributed by atoms with Crippen LogP contribution in [0.15, 0.2) is 54.3 Å². The normalized spacial score (nSPS) is 11.2. The molecule has 0 amide bonds. The minimum atomic E-state index is 0.870. The van der Waals surface area contributed by atoms with Crippen molar-refractivity contribution in [2.45, 2.75) is 6.92 Å². The molecule has 0 bridgehead atoms. The summed E-state index contributed by atoms with van der Waals surface area (Å²) in [5.41, 5.74) is 4.34. The molecule has 1 heterocycles. The highest BCUT2D eigenvalue weighted by molar-refractivity contribution is 5.96. The van der Waals surface area contributed by atoms with Crippen molar-refractivity contribution in [2.75, 3.05) is 12.4 Å². The van der Waals surface area contributed by atoms with Crippen LogP contribution < -0.4 is 5.32 Å². The third kappa shape index (κ3) is 3.07. The van der Waals surface area contributed by atoms with E-state index in [1.807, 2.05) is 31.2 Å². The minimum absolute atomic E-state index is 0.870. The lowest BCUT2D eigenvalue weighted by atomic mass is 10.0. The number of anilines is 1. The van der Waals surface area contributed by atoms with E-state index in [1.165, 1.54) is 0 Å². The number of nitrogens with one attached hydrogen (secondary N) is 1. The Hall–Kier alpha value is -2.42. The maximum atomic E-state index is 4.12. The van der Waals surface area contributed by atoms with Gasteiger partial charge >= 0.3 is 0 Å². The molecule has 0 aliphatic rings. The summed E-state index contributed by atoms with van der Waals surface area (Å²) < 4.78 is 0. The Morgan fingerprint density at radius 2 is 1.95 bits per heavy atom. The van der Waals surface area contributed by atoms with Gasteiger partial charge in [0, 0.05) is 25.1 Å². The van der Waals surface area contributed by atoms with Crippen molar-refractivity contribution in [1.82, 2.24) is 4.98 Å². The molecule has 96 valence electrons. The molecule has 0 unspecified atom stereocenters. The second-order valence-electron chi connectivity index (χ2n) is 4.18. The minimum Gasteiger partial charge on any atom is -0.344 e. The van der Waals surface area contributed by atoms with E-state index in [-0.39, 0.29) is 0 Å². The monoisotopic (exact) mass is 251 g/mol. The summed E-state index contributed by atoms with van der Waals surface area (Å²) in [7, 11) is 1.77. The van der Waals surface area contributed by atoms with Crippen molar-refractivity contribution in [3.63, 3.8) is 0 Å². The van der Waals surface area contributed by atoms with Gasteiger partial charge < -0.3 is 5.32 Å². The number of hydrogen-bond acceptors (Lipinski definition) is 2. The first-order chi connectivity index (χ1) is 9.24. The smallest absolute Gasteiger partial charge is 0.0972 e. The number of pyridine rings is 1. The van der Waals surface area contributed by atoms with Gasteiger partial charge in [-0.2, -0.15) is 0 Å². The molecule has 0 radical (unpaired) electrons. The van der Waals surface area contributed by atoms with Crippen LogP contribution >= 0.6 is 0 Å². The van der Waals surface area contributed by atoms with E-state index in [0.717, 1.165) is 28.2 Å². The number of amidine groups is 1. The maximum Gasteiger partial charge on any atom is 0.0972 e. The van der Waals surface area contributed by atoms with Crippen molar-refractivity contribution >= 4 is 17.6 Å². The van der Waals surface area contributed by atoms with E-state index in [0.29, 0.717) is 0 Å². The van der Waals surface area contributed by atoms with Crippen LogP contribution in [-0.2, 0) is 0 Å². The van der Waals surface area contributed by atoms with Crippen LogP contribution in [-0.4, -0.2) is 17.9 Å². The number of nitrogens with zero attached hydrogens (tertiary/aromatic N) is 2. The van der Waals surface area contributed by atoms with Gasteiger partial charge in [0.1, 0.15) is 0 Å². The topological polar surface area (TPSA) is 37.3 Å². The molecule has 3 nitrogen and oxygen atoms in total. The first-order valence-electron chi connectivity index (χ1n) is 6.12. The fraction of sp³-hybridized carbons (Fsp3) is 0.125. The van der Waals surface area contributed by atoms with Crippen LogP contribution in [0.3, 0.4) is 0 Å². The summed E-state index contributed by atoms with van der Waals surface area (Å²) in [6.45, 7) is 5.77. The van der Waals surface area contributed by atoms with Gasteiger partial charge in [-0.3, -0.25) is 9.98 Å². The summed E-state index contributed by atoms with van der Waals surface area (Å²) in [4.78, 5) is 8.16. The first-order valence-corrected chi connectivity index (χ1v) is 6.12. The third-order valence-corrected chi connectivity index (χ3v) is 2.94. The lowest BCUT2D eigenvalue weighted by Crippen LogP contribution is -2.08. The molecular weight excluding hydrogens is 234 g/mol. The lowest BCUT2D eigenvalue weighted by Gasteiger charge is -2.11. The largest absolute Gasteiger partial charge is 0.344 e. The summed E-state index contributed by atoms with van der Waals surface area (Å²) >= 11 is 0. The van der Waals surface area contributed by atoms with Gasteiger partial charge in [0.15, 0.2) is 0 Å². The van der Waals surface area contributed by atoms with Gasteiger partial charge in [0.25, 0.3) is 0 Å². The Morgan fingerprint density at radius 1 is 1.21 bits per heavy atom. The Kier molecular flexibility index (Phi) is 4.08. The van der Waals surface area contributed by atoms with Crippen molar-refractivity contribution < 1.29 is 0 Å². The predicted molar refractivity (Wildman–Crippen MR) is 82.4 cm³/mol. The fourth-order valence-corrected chi connectivity index (χ4v) is 1.82. The maximum absolute atomic E-state index is 4.12. The van der Waals surface area contributed by atoms with E-state index in [4.69, 9.17) is 0 Å². The van der Waals surface area contributed by atoms with Crippen molar-refractivity contribution in [1.29, 1.82) is 0 Å². The van der Waals surface area contributed by atoms with Crippen molar-refractivity contribution in [3.05, 3.63) is 54.9 Å². The molecule has 19 heavy (non-hydrogen) atoms. The molecule has 0 atom stereocenters. The zero-order valence-corrected chi connectivity index (χ0v) is 11.2. The van der Waals surface area contributed by atoms with E-state index in [9.17, 15) is 0 Å². The fourth-order valence-electron chi connectivity index (χ4n) is 1.82. The van der Waals surface area contributed by atoms with Gasteiger partial charge in [-0.1, -0.05) is 24.8 Å². The molecule has 0 aliphatic carbocycles. The van der Waals surface area contributed by atoms with Gasteiger partial charge in [0.05, 0.1) is 5.84 Å². The molecule has 2 aromatic rings. The van der Waals surface area contributed by atoms with E-state index in [2.05, 4.69) is 34.0 Å². The second kappa shape index (κ2) is 5.96. The number of rotatable bonds is 3. The summed E-state index contributed by atoms with van der Waals surface area (Å²) in [5.74, 6) is 0.870. The molecule has 0 saturated heterocycles. The quantitative estimate of drug-likeness (QED) is 0.664. The van der Waals surface area contributed by atoms with Gasteiger partial charge in [-0.05, 0) is 41.8 Å². The third-order valence-electron chi connectivity index (χ3n) is 2.94. The first kappa shape index (κ1) is 13.0. The second-order valence-corrected chi connectivity index (χ2v) is 4.18. The average Bonchev–Trinajstić information content (AvgIpc) is 2.48. The van der Waals surface area contributed by atoms with Gasteiger partial charge in [0.2, 0.25) is 0 Å².